The molecule has 1 aromatic heterocycles. The lowest BCUT2D eigenvalue weighted by Crippen LogP contribution is -2.37. The molecule has 0 fully saturated rings. The lowest BCUT2D eigenvalue weighted by Gasteiger charge is -2.35. The summed E-state index contributed by atoms with van der Waals surface area (Å²) in [6.45, 7) is 1.77. The van der Waals surface area contributed by atoms with Crippen LogP contribution in [0.2, 0.25) is 0 Å². The molecule has 1 aliphatic carbocycles. The number of hydrogen-bond acceptors (Lipinski definition) is 5. The number of ketones is 1. The Morgan fingerprint density at radius 3 is 2.61 bits per heavy atom. The molecule has 6 heteroatoms. The van der Waals surface area contributed by atoms with Gasteiger partial charge < -0.3 is 9.15 Å². The molecule has 0 bridgehead atoms. The molecule has 0 N–H and O–H groups in total. The minimum atomic E-state index is -0.693. The van der Waals surface area contributed by atoms with Crippen molar-refractivity contribution in [3.63, 3.8) is 0 Å². The highest BCUT2D eigenvalue weighted by atomic mass is 19.1. The molecule has 2 aliphatic rings. The van der Waals surface area contributed by atoms with Crippen molar-refractivity contribution in [2.75, 3.05) is 7.11 Å². The third-order valence-corrected chi connectivity index (χ3v) is 5.53. The van der Waals surface area contributed by atoms with Crippen LogP contribution in [-0.4, -0.2) is 24.6 Å². The van der Waals surface area contributed by atoms with Crippen molar-refractivity contribution in [2.45, 2.75) is 31.6 Å². The maximum atomic E-state index is 13.3. The van der Waals surface area contributed by atoms with Crippen molar-refractivity contribution in [2.24, 2.45) is 10.9 Å². The first-order valence-electron chi connectivity index (χ1n) is 9.17. The van der Waals surface area contributed by atoms with Gasteiger partial charge in [-0.05, 0) is 49.1 Å². The largest absolute Gasteiger partial charge is 0.469 e. The van der Waals surface area contributed by atoms with E-state index in [4.69, 9.17) is 9.15 Å². The highest BCUT2D eigenvalue weighted by Gasteiger charge is 2.45. The number of methoxy groups -OCH3 is 1. The van der Waals surface area contributed by atoms with E-state index in [1.807, 2.05) is 0 Å². The summed E-state index contributed by atoms with van der Waals surface area (Å²) in [6.07, 6.45) is 2.36. The average Bonchev–Trinajstić information content (AvgIpc) is 3.21. The molecule has 28 heavy (non-hydrogen) atoms. The Morgan fingerprint density at radius 1 is 1.21 bits per heavy atom. The van der Waals surface area contributed by atoms with Gasteiger partial charge in [0, 0.05) is 23.4 Å². The van der Waals surface area contributed by atoms with Crippen LogP contribution in [0.1, 0.15) is 42.9 Å². The van der Waals surface area contributed by atoms with Crippen LogP contribution in [0.5, 0.6) is 0 Å². The summed E-state index contributed by atoms with van der Waals surface area (Å²) >= 11 is 0. The Morgan fingerprint density at radius 2 is 1.96 bits per heavy atom. The normalized spacial score (nSPS) is 24.6. The zero-order valence-corrected chi connectivity index (χ0v) is 15.6. The molecule has 1 aliphatic heterocycles. The van der Waals surface area contributed by atoms with Crippen molar-refractivity contribution < 1.29 is 23.1 Å². The molecular weight excluding hydrogens is 361 g/mol. The second kappa shape index (κ2) is 7.19. The number of carbonyl (C=O) groups is 2. The number of nitrogens with zero attached hydrogens (tertiary/aromatic N) is 1. The molecule has 1 unspecified atom stereocenters. The fourth-order valence-electron chi connectivity index (χ4n) is 4.24. The molecule has 0 saturated carbocycles. The third-order valence-electron chi connectivity index (χ3n) is 5.53. The maximum absolute atomic E-state index is 13.3. The number of carbonyl (C=O) groups excluding carboxylic acids is 2. The van der Waals surface area contributed by atoms with Crippen LogP contribution in [0.15, 0.2) is 63.3 Å². The summed E-state index contributed by atoms with van der Waals surface area (Å²) in [4.78, 5) is 30.2. The summed E-state index contributed by atoms with van der Waals surface area (Å²) in [6, 6.07) is 9.72. The third kappa shape index (κ3) is 3.09. The zero-order valence-electron chi connectivity index (χ0n) is 15.6. The van der Waals surface area contributed by atoms with E-state index in [0.717, 1.165) is 5.56 Å². The Balaban J connectivity index is 1.77. The SMILES string of the molecule is COC(=O)C1C(C)=NC2=C(C(=O)C[C@@H](c3ccc(F)cc3)C2)[C@H]1c1ccco1. The molecule has 144 valence electrons. The van der Waals surface area contributed by atoms with Crippen LogP contribution >= 0.6 is 0 Å². The van der Waals surface area contributed by atoms with Gasteiger partial charge in [0.15, 0.2) is 5.78 Å². The van der Waals surface area contributed by atoms with E-state index in [1.54, 1.807) is 31.2 Å². The van der Waals surface area contributed by atoms with Crippen molar-refractivity contribution in [1.82, 2.24) is 0 Å². The van der Waals surface area contributed by atoms with Gasteiger partial charge in [0.2, 0.25) is 0 Å². The van der Waals surface area contributed by atoms with Crippen LogP contribution in [0.25, 0.3) is 0 Å². The molecule has 0 radical (unpaired) electrons. The van der Waals surface area contributed by atoms with Gasteiger partial charge in [0.25, 0.3) is 0 Å². The minimum absolute atomic E-state index is 0.0675. The van der Waals surface area contributed by atoms with Gasteiger partial charge in [0.05, 0.1) is 19.3 Å². The number of aliphatic imine (C=N–C) groups is 1. The van der Waals surface area contributed by atoms with Crippen molar-refractivity contribution in [3.8, 4) is 0 Å². The summed E-state index contributed by atoms with van der Waals surface area (Å²) in [5, 5.41) is 0. The van der Waals surface area contributed by atoms with Gasteiger partial charge in [-0.3, -0.25) is 14.6 Å². The first kappa shape index (κ1) is 18.3. The highest BCUT2D eigenvalue weighted by molar-refractivity contribution is 6.08. The number of allylic oxidation sites excluding steroid dienone is 2. The fourth-order valence-corrected chi connectivity index (χ4v) is 4.24. The van der Waals surface area contributed by atoms with Crippen LogP contribution in [0.4, 0.5) is 4.39 Å². The van der Waals surface area contributed by atoms with Gasteiger partial charge in [-0.15, -0.1) is 0 Å². The summed E-state index contributed by atoms with van der Waals surface area (Å²) in [5.74, 6) is -1.58. The molecule has 2 heterocycles. The summed E-state index contributed by atoms with van der Waals surface area (Å²) < 4.78 is 23.8. The van der Waals surface area contributed by atoms with E-state index >= 15 is 0 Å². The quantitative estimate of drug-likeness (QED) is 0.749. The van der Waals surface area contributed by atoms with Crippen LogP contribution in [0.3, 0.4) is 0 Å². The van der Waals surface area contributed by atoms with E-state index in [0.29, 0.717) is 29.2 Å². The maximum Gasteiger partial charge on any atom is 0.315 e. The standard InChI is InChI=1S/C22H20FNO4/c1-12-19(22(26)27-2)21(18-4-3-9-28-18)20-16(24-12)10-14(11-17(20)25)13-5-7-15(23)8-6-13/h3-9,14,19,21H,10-11H2,1-2H3/t14-,19?,21-/m0/s1. The second-order valence-electron chi connectivity index (χ2n) is 7.19. The predicted molar refractivity (Wildman–Crippen MR) is 100 cm³/mol. The molecule has 4 rings (SSSR count). The van der Waals surface area contributed by atoms with E-state index in [1.165, 1.54) is 25.5 Å². The Kier molecular flexibility index (Phi) is 4.71. The summed E-state index contributed by atoms with van der Waals surface area (Å²) in [7, 11) is 1.33. The van der Waals surface area contributed by atoms with Gasteiger partial charge >= 0.3 is 5.97 Å². The van der Waals surface area contributed by atoms with E-state index in [2.05, 4.69) is 4.99 Å². The number of esters is 1. The summed E-state index contributed by atoms with van der Waals surface area (Å²) in [5.41, 5.74) is 2.69. The monoisotopic (exact) mass is 381 g/mol. The first-order chi connectivity index (χ1) is 13.5. The lowest BCUT2D eigenvalue weighted by molar-refractivity contribution is -0.143. The van der Waals surface area contributed by atoms with Crippen molar-refractivity contribution >= 4 is 17.5 Å². The van der Waals surface area contributed by atoms with Gasteiger partial charge in [0.1, 0.15) is 17.5 Å². The van der Waals surface area contributed by atoms with Gasteiger partial charge in [-0.25, -0.2) is 4.39 Å². The number of ether oxygens (including phenoxy) is 1. The van der Waals surface area contributed by atoms with E-state index in [-0.39, 0.29) is 23.9 Å². The molecule has 0 spiro atoms. The zero-order chi connectivity index (χ0) is 19.8. The second-order valence-corrected chi connectivity index (χ2v) is 7.19. The smallest absolute Gasteiger partial charge is 0.315 e. The van der Waals surface area contributed by atoms with Crippen molar-refractivity contribution in [1.29, 1.82) is 0 Å². The molecule has 0 amide bonds. The Hall–Kier alpha value is -3.02. The predicted octanol–water partition coefficient (Wildman–Crippen LogP) is 4.17. The minimum Gasteiger partial charge on any atom is -0.469 e. The van der Waals surface area contributed by atoms with E-state index < -0.39 is 17.8 Å². The molecule has 2 aromatic rings. The molecule has 1 aromatic carbocycles. The van der Waals surface area contributed by atoms with Gasteiger partial charge in [-0.1, -0.05) is 12.1 Å². The lowest BCUT2D eigenvalue weighted by atomic mass is 9.71. The number of benzene rings is 1. The molecule has 3 atom stereocenters. The highest BCUT2D eigenvalue weighted by Crippen LogP contribution is 2.46. The van der Waals surface area contributed by atoms with Crippen LogP contribution < -0.4 is 0 Å². The molecule has 5 nitrogen and oxygen atoms in total. The van der Waals surface area contributed by atoms with E-state index in [9.17, 15) is 14.0 Å². The van der Waals surface area contributed by atoms with Crippen LogP contribution in [0, 0.1) is 11.7 Å². The fraction of sp³-hybridized carbons (Fsp3) is 0.318. The number of furan rings is 1. The molecule has 0 saturated heterocycles. The molecular formula is C22H20FNO4. The number of halogens is 1. The number of hydrogen-bond donors (Lipinski definition) is 0. The topological polar surface area (TPSA) is 68.9 Å². The number of rotatable bonds is 3. The first-order valence-corrected chi connectivity index (χ1v) is 9.17. The van der Waals surface area contributed by atoms with Crippen molar-refractivity contribution in [3.05, 3.63) is 71.1 Å². The number of Topliss-reactive ketones (excluding diaryl/α,β-unsaturated/α-hetero) is 1. The van der Waals surface area contributed by atoms with Crippen LogP contribution in [-0.2, 0) is 14.3 Å². The Labute approximate surface area is 161 Å². The Bertz CT molecular complexity index is 972. The average molecular weight is 381 g/mol. The van der Waals surface area contributed by atoms with Gasteiger partial charge in [-0.2, -0.15) is 0 Å².